The lowest BCUT2D eigenvalue weighted by atomic mass is 10.4. The van der Waals surface area contributed by atoms with Gasteiger partial charge in [0, 0.05) is 25.4 Å². The molecule has 1 aromatic heterocycles. The lowest BCUT2D eigenvalue weighted by molar-refractivity contribution is 0.797. The first kappa shape index (κ1) is 12.5. The standard InChI is InChI=1S/C12H20N4S/c1-2-4-14-11-9-13-10-12(15-11)16-5-3-7-17-8-6-16/h9-10H,2-8H2,1H3,(H,14,15). The molecule has 0 saturated carbocycles. The Morgan fingerprint density at radius 2 is 2.29 bits per heavy atom. The number of aromatic nitrogens is 2. The Hall–Kier alpha value is -0.970. The summed E-state index contributed by atoms with van der Waals surface area (Å²) in [5.41, 5.74) is 0. The van der Waals surface area contributed by atoms with E-state index in [1.165, 1.54) is 17.9 Å². The molecule has 1 aliphatic heterocycles. The summed E-state index contributed by atoms with van der Waals surface area (Å²) in [5, 5.41) is 3.28. The van der Waals surface area contributed by atoms with Gasteiger partial charge in [-0.15, -0.1) is 0 Å². The van der Waals surface area contributed by atoms with Crippen molar-refractivity contribution in [3.63, 3.8) is 0 Å². The SMILES string of the molecule is CCCNc1cncc(N2CCCSCC2)n1. The van der Waals surface area contributed by atoms with Crippen LogP contribution in [0, 0.1) is 0 Å². The van der Waals surface area contributed by atoms with Crippen molar-refractivity contribution in [2.24, 2.45) is 0 Å². The maximum atomic E-state index is 4.62. The molecule has 2 heterocycles. The van der Waals surface area contributed by atoms with E-state index in [1.54, 1.807) is 6.20 Å². The highest BCUT2D eigenvalue weighted by Crippen LogP contribution is 2.17. The molecule has 0 amide bonds. The second-order valence-electron chi connectivity index (χ2n) is 4.14. The minimum Gasteiger partial charge on any atom is -0.369 e. The van der Waals surface area contributed by atoms with E-state index in [2.05, 4.69) is 27.1 Å². The molecule has 5 heteroatoms. The first-order chi connectivity index (χ1) is 8.40. The van der Waals surface area contributed by atoms with Crippen LogP contribution in [-0.2, 0) is 0 Å². The molecule has 1 aliphatic rings. The molecule has 0 unspecified atom stereocenters. The van der Waals surface area contributed by atoms with Gasteiger partial charge in [0.1, 0.15) is 11.6 Å². The third-order valence-corrected chi connectivity index (χ3v) is 3.77. The van der Waals surface area contributed by atoms with Crippen molar-refractivity contribution in [2.45, 2.75) is 19.8 Å². The Labute approximate surface area is 107 Å². The number of hydrogen-bond donors (Lipinski definition) is 1. The number of hydrogen-bond acceptors (Lipinski definition) is 5. The molecule has 0 aliphatic carbocycles. The summed E-state index contributed by atoms with van der Waals surface area (Å²) in [7, 11) is 0. The van der Waals surface area contributed by atoms with Crippen LogP contribution in [-0.4, -0.2) is 41.1 Å². The number of nitrogens with zero attached hydrogens (tertiary/aromatic N) is 3. The molecule has 0 bridgehead atoms. The summed E-state index contributed by atoms with van der Waals surface area (Å²) in [5.74, 6) is 4.35. The van der Waals surface area contributed by atoms with Gasteiger partial charge in [-0.2, -0.15) is 11.8 Å². The largest absolute Gasteiger partial charge is 0.369 e. The summed E-state index contributed by atoms with van der Waals surface area (Å²) in [4.78, 5) is 11.2. The van der Waals surface area contributed by atoms with E-state index in [4.69, 9.17) is 0 Å². The summed E-state index contributed by atoms with van der Waals surface area (Å²) in [6, 6.07) is 0. The third kappa shape index (κ3) is 3.77. The fourth-order valence-electron chi connectivity index (χ4n) is 1.82. The smallest absolute Gasteiger partial charge is 0.149 e. The fraction of sp³-hybridized carbons (Fsp3) is 0.667. The molecule has 1 fully saturated rings. The molecule has 1 saturated heterocycles. The van der Waals surface area contributed by atoms with E-state index in [9.17, 15) is 0 Å². The first-order valence-corrected chi connectivity index (χ1v) is 7.44. The molecule has 1 N–H and O–H groups in total. The Balaban J connectivity index is 2.03. The molecule has 17 heavy (non-hydrogen) atoms. The molecule has 0 atom stereocenters. The van der Waals surface area contributed by atoms with Gasteiger partial charge in [0.2, 0.25) is 0 Å². The van der Waals surface area contributed by atoms with Gasteiger partial charge in [0.15, 0.2) is 0 Å². The molecule has 0 spiro atoms. The number of anilines is 2. The van der Waals surface area contributed by atoms with Gasteiger partial charge >= 0.3 is 0 Å². The van der Waals surface area contributed by atoms with Crippen LogP contribution >= 0.6 is 11.8 Å². The van der Waals surface area contributed by atoms with Gasteiger partial charge in [-0.1, -0.05) is 6.92 Å². The van der Waals surface area contributed by atoms with Gasteiger partial charge in [-0.05, 0) is 18.6 Å². The minimum atomic E-state index is 0.890. The minimum absolute atomic E-state index is 0.890. The van der Waals surface area contributed by atoms with Crippen molar-refractivity contribution in [1.29, 1.82) is 0 Å². The van der Waals surface area contributed by atoms with E-state index in [1.807, 2.05) is 18.0 Å². The van der Waals surface area contributed by atoms with Crippen molar-refractivity contribution < 1.29 is 0 Å². The molecule has 0 aromatic carbocycles. The van der Waals surface area contributed by atoms with Crippen LogP contribution in [0.2, 0.25) is 0 Å². The fourth-order valence-corrected chi connectivity index (χ4v) is 2.71. The van der Waals surface area contributed by atoms with Gasteiger partial charge in [-0.25, -0.2) is 4.98 Å². The summed E-state index contributed by atoms with van der Waals surface area (Å²) in [6.45, 7) is 5.28. The molecule has 0 radical (unpaired) electrons. The molecule has 1 aromatic rings. The Kier molecular flexibility index (Phi) is 4.91. The molecule has 4 nitrogen and oxygen atoms in total. The molecular formula is C12H20N4S. The average Bonchev–Trinajstić information content (AvgIpc) is 2.65. The van der Waals surface area contributed by atoms with Crippen LogP contribution in [0.15, 0.2) is 12.4 Å². The van der Waals surface area contributed by atoms with Gasteiger partial charge in [0.05, 0.1) is 12.4 Å². The van der Waals surface area contributed by atoms with Crippen LogP contribution in [0.3, 0.4) is 0 Å². The van der Waals surface area contributed by atoms with Crippen molar-refractivity contribution in [3.8, 4) is 0 Å². The number of rotatable bonds is 4. The Morgan fingerprint density at radius 3 is 3.18 bits per heavy atom. The van der Waals surface area contributed by atoms with Crippen molar-refractivity contribution in [2.75, 3.05) is 41.4 Å². The van der Waals surface area contributed by atoms with Gasteiger partial charge < -0.3 is 10.2 Å². The third-order valence-electron chi connectivity index (χ3n) is 2.72. The van der Waals surface area contributed by atoms with Crippen molar-refractivity contribution >= 4 is 23.4 Å². The number of nitrogens with one attached hydrogen (secondary N) is 1. The second-order valence-corrected chi connectivity index (χ2v) is 5.37. The highest BCUT2D eigenvalue weighted by molar-refractivity contribution is 7.99. The summed E-state index contributed by atoms with van der Waals surface area (Å²) >= 11 is 2.03. The highest BCUT2D eigenvalue weighted by Gasteiger charge is 2.11. The van der Waals surface area contributed by atoms with Gasteiger partial charge in [0.25, 0.3) is 0 Å². The van der Waals surface area contributed by atoms with E-state index >= 15 is 0 Å². The number of thioether (sulfide) groups is 1. The molecule has 2 rings (SSSR count). The Bertz CT molecular complexity index is 337. The van der Waals surface area contributed by atoms with Crippen LogP contribution < -0.4 is 10.2 Å². The van der Waals surface area contributed by atoms with Crippen LogP contribution in [0.4, 0.5) is 11.6 Å². The molecule has 94 valence electrons. The predicted octanol–water partition coefficient (Wildman–Crippen LogP) is 2.24. The van der Waals surface area contributed by atoms with Crippen molar-refractivity contribution in [3.05, 3.63) is 12.4 Å². The zero-order valence-corrected chi connectivity index (χ0v) is 11.2. The highest BCUT2D eigenvalue weighted by atomic mass is 32.2. The van der Waals surface area contributed by atoms with E-state index in [0.717, 1.165) is 37.7 Å². The zero-order valence-electron chi connectivity index (χ0n) is 10.4. The normalized spacial score (nSPS) is 16.6. The van der Waals surface area contributed by atoms with E-state index in [0.29, 0.717) is 0 Å². The summed E-state index contributed by atoms with van der Waals surface area (Å²) in [6.07, 6.45) is 6.00. The quantitative estimate of drug-likeness (QED) is 0.890. The van der Waals surface area contributed by atoms with E-state index in [-0.39, 0.29) is 0 Å². The maximum Gasteiger partial charge on any atom is 0.149 e. The maximum absolute atomic E-state index is 4.62. The predicted molar refractivity (Wildman–Crippen MR) is 75.0 cm³/mol. The zero-order chi connectivity index (χ0) is 11.9. The topological polar surface area (TPSA) is 41.1 Å². The lowest BCUT2D eigenvalue weighted by Crippen LogP contribution is -2.26. The van der Waals surface area contributed by atoms with E-state index < -0.39 is 0 Å². The second kappa shape index (κ2) is 6.69. The Morgan fingerprint density at radius 1 is 1.35 bits per heavy atom. The van der Waals surface area contributed by atoms with Crippen molar-refractivity contribution in [1.82, 2.24) is 9.97 Å². The average molecular weight is 252 g/mol. The first-order valence-electron chi connectivity index (χ1n) is 6.29. The monoisotopic (exact) mass is 252 g/mol. The molecular weight excluding hydrogens is 232 g/mol. The van der Waals surface area contributed by atoms with Gasteiger partial charge in [-0.3, -0.25) is 4.98 Å². The summed E-state index contributed by atoms with van der Waals surface area (Å²) < 4.78 is 0. The lowest BCUT2D eigenvalue weighted by Gasteiger charge is -2.21. The van der Waals surface area contributed by atoms with Crippen LogP contribution in [0.25, 0.3) is 0 Å². The van der Waals surface area contributed by atoms with Crippen LogP contribution in [0.1, 0.15) is 19.8 Å². The van der Waals surface area contributed by atoms with Crippen LogP contribution in [0.5, 0.6) is 0 Å².